The van der Waals surface area contributed by atoms with Crippen molar-refractivity contribution in [3.05, 3.63) is 63.1 Å². The van der Waals surface area contributed by atoms with E-state index in [9.17, 15) is 19.7 Å². The van der Waals surface area contributed by atoms with Gasteiger partial charge >= 0.3 is 5.97 Å². The first-order valence-electron chi connectivity index (χ1n) is 12.0. The summed E-state index contributed by atoms with van der Waals surface area (Å²) in [5.41, 5.74) is 2.11. The highest BCUT2D eigenvalue weighted by Gasteiger charge is 2.36. The molecule has 3 rings (SSSR count). The minimum absolute atomic E-state index is 0.0597. The third kappa shape index (κ3) is 5.70. The van der Waals surface area contributed by atoms with Crippen molar-refractivity contribution in [2.75, 3.05) is 18.5 Å². The molecule has 0 bridgehead atoms. The van der Waals surface area contributed by atoms with Crippen LogP contribution >= 0.6 is 0 Å². The maximum Gasteiger partial charge on any atom is 0.338 e. The van der Waals surface area contributed by atoms with Gasteiger partial charge in [0.2, 0.25) is 11.9 Å². The second-order valence-electron chi connectivity index (χ2n) is 8.50. The number of hydrogen-bond donors (Lipinski definition) is 1. The number of benzene rings is 1. The lowest BCUT2D eigenvalue weighted by molar-refractivity contribution is -0.384. The maximum atomic E-state index is 13.1. The Morgan fingerprint density at radius 3 is 2.69 bits per heavy atom. The molecule has 10 nitrogen and oxygen atoms in total. The zero-order chi connectivity index (χ0) is 25.5. The number of nitro groups is 1. The van der Waals surface area contributed by atoms with Crippen molar-refractivity contribution in [1.29, 1.82) is 0 Å². The van der Waals surface area contributed by atoms with Crippen LogP contribution in [0.25, 0.3) is 0 Å². The number of hydrogen-bond acceptors (Lipinski definition) is 7. The van der Waals surface area contributed by atoms with E-state index in [0.717, 1.165) is 25.0 Å². The number of anilines is 1. The average molecular weight is 484 g/mol. The van der Waals surface area contributed by atoms with E-state index in [2.05, 4.69) is 17.2 Å². The first-order valence-corrected chi connectivity index (χ1v) is 12.0. The molecule has 0 radical (unpaired) electrons. The summed E-state index contributed by atoms with van der Waals surface area (Å²) in [6.45, 7) is 8.65. The smallest absolute Gasteiger partial charge is 0.338 e. The summed E-state index contributed by atoms with van der Waals surface area (Å²) in [7, 11) is 0. The maximum absolute atomic E-state index is 13.1. The highest BCUT2D eigenvalue weighted by Crippen LogP contribution is 2.39. The van der Waals surface area contributed by atoms with Gasteiger partial charge in [-0.25, -0.2) is 9.78 Å². The van der Waals surface area contributed by atoms with Crippen molar-refractivity contribution in [1.82, 2.24) is 14.5 Å². The van der Waals surface area contributed by atoms with E-state index in [4.69, 9.17) is 4.74 Å². The lowest BCUT2D eigenvalue weighted by atomic mass is 9.94. The quantitative estimate of drug-likeness (QED) is 0.282. The third-order valence-electron chi connectivity index (χ3n) is 5.95. The van der Waals surface area contributed by atoms with Crippen LogP contribution in [0.15, 0.2) is 41.7 Å². The number of esters is 1. The van der Waals surface area contributed by atoms with Gasteiger partial charge in [0.15, 0.2) is 0 Å². The Labute approximate surface area is 205 Å². The number of nitro benzene ring substituents is 1. The first-order chi connectivity index (χ1) is 16.8. The van der Waals surface area contributed by atoms with Gasteiger partial charge in [-0.3, -0.25) is 14.9 Å². The Kier molecular flexibility index (Phi) is 8.62. The molecular formula is C25H33N5O5. The van der Waals surface area contributed by atoms with Gasteiger partial charge in [0, 0.05) is 30.8 Å². The number of fused-ring (bicyclic) bond motifs is 1. The monoisotopic (exact) mass is 483 g/mol. The first kappa shape index (κ1) is 25.9. The lowest BCUT2D eigenvalue weighted by Crippen LogP contribution is -2.34. The topological polar surface area (TPSA) is 120 Å². The van der Waals surface area contributed by atoms with Gasteiger partial charge in [0.05, 0.1) is 41.6 Å². The van der Waals surface area contributed by atoms with Gasteiger partial charge < -0.3 is 19.5 Å². The summed E-state index contributed by atoms with van der Waals surface area (Å²) in [5.74, 6) is 0.0501. The van der Waals surface area contributed by atoms with Crippen LogP contribution in [-0.2, 0) is 20.9 Å². The molecule has 1 aromatic heterocycles. The summed E-state index contributed by atoms with van der Waals surface area (Å²) >= 11 is 0. The molecule has 0 aliphatic carbocycles. The van der Waals surface area contributed by atoms with Gasteiger partial charge in [-0.1, -0.05) is 32.4 Å². The molecular weight excluding hydrogens is 450 g/mol. The number of carbonyl (C=O) groups excluding carboxylic acids is 2. The standard InChI is InChI=1S/C25H33N5O5/c1-5-8-13-28(21(31)10-6-2)16-20-15-26-25-27-17(4)22(24(32)35-7-3)23(29(20)25)18-11-9-12-19(14-18)30(33)34/h9,11-12,14-15,23H,5-8,10,13,16H2,1-4H3,(H,26,27). The Balaban J connectivity index is 2.13. The fraction of sp³-hybridized carbons (Fsp3) is 0.480. The Morgan fingerprint density at radius 2 is 2.03 bits per heavy atom. The van der Waals surface area contributed by atoms with E-state index in [1.54, 1.807) is 32.2 Å². The molecule has 0 spiro atoms. The molecule has 1 atom stereocenters. The van der Waals surface area contributed by atoms with E-state index in [1.165, 1.54) is 12.1 Å². The van der Waals surface area contributed by atoms with Crippen LogP contribution in [0.2, 0.25) is 0 Å². The third-order valence-corrected chi connectivity index (χ3v) is 5.95. The molecule has 0 fully saturated rings. The van der Waals surface area contributed by atoms with Crippen molar-refractivity contribution in [3.63, 3.8) is 0 Å². The number of allylic oxidation sites excluding steroid dienone is 1. The molecule has 1 N–H and O–H groups in total. The predicted octanol–water partition coefficient (Wildman–Crippen LogP) is 4.57. The van der Waals surface area contributed by atoms with Crippen LogP contribution in [0.1, 0.15) is 70.7 Å². The van der Waals surface area contributed by atoms with Crippen LogP contribution in [0.3, 0.4) is 0 Å². The summed E-state index contributed by atoms with van der Waals surface area (Å²) in [4.78, 5) is 43.3. The number of unbranched alkanes of at least 4 members (excludes halogenated alkanes) is 1. The van der Waals surface area contributed by atoms with E-state index < -0.39 is 16.9 Å². The predicted molar refractivity (Wildman–Crippen MR) is 132 cm³/mol. The van der Waals surface area contributed by atoms with Gasteiger partial charge in [-0.05, 0) is 32.3 Å². The van der Waals surface area contributed by atoms with Gasteiger partial charge in [-0.15, -0.1) is 0 Å². The van der Waals surface area contributed by atoms with Crippen molar-refractivity contribution < 1.29 is 19.2 Å². The van der Waals surface area contributed by atoms with E-state index >= 15 is 0 Å². The second-order valence-corrected chi connectivity index (χ2v) is 8.50. The molecule has 10 heteroatoms. The summed E-state index contributed by atoms with van der Waals surface area (Å²) in [5, 5.41) is 14.7. The molecule has 1 aromatic carbocycles. The van der Waals surface area contributed by atoms with Gasteiger partial charge in [0.25, 0.3) is 5.69 Å². The minimum atomic E-state index is -0.697. The van der Waals surface area contributed by atoms with Crippen LogP contribution in [0.4, 0.5) is 11.6 Å². The number of amides is 1. The van der Waals surface area contributed by atoms with Crippen molar-refractivity contribution in [2.24, 2.45) is 0 Å². The molecule has 2 heterocycles. The van der Waals surface area contributed by atoms with Crippen molar-refractivity contribution in [2.45, 2.75) is 66.0 Å². The van der Waals surface area contributed by atoms with Crippen LogP contribution < -0.4 is 5.32 Å². The van der Waals surface area contributed by atoms with Gasteiger partial charge in [-0.2, -0.15) is 0 Å². The highest BCUT2D eigenvalue weighted by atomic mass is 16.6. The van der Waals surface area contributed by atoms with Crippen molar-refractivity contribution >= 4 is 23.5 Å². The van der Waals surface area contributed by atoms with E-state index in [1.807, 2.05) is 16.4 Å². The fourth-order valence-corrected chi connectivity index (χ4v) is 4.27. The normalized spacial score (nSPS) is 14.8. The van der Waals surface area contributed by atoms with Crippen LogP contribution in [0.5, 0.6) is 0 Å². The van der Waals surface area contributed by atoms with Crippen molar-refractivity contribution in [3.8, 4) is 0 Å². The average Bonchev–Trinajstić information content (AvgIpc) is 3.22. The summed E-state index contributed by atoms with van der Waals surface area (Å²) < 4.78 is 7.19. The number of imidazole rings is 1. The number of non-ortho nitro benzene ring substituents is 1. The summed E-state index contributed by atoms with van der Waals surface area (Å²) in [6.07, 6.45) is 4.71. The fourth-order valence-electron chi connectivity index (χ4n) is 4.27. The number of rotatable bonds is 11. The number of aromatic nitrogens is 2. The largest absolute Gasteiger partial charge is 0.463 e. The van der Waals surface area contributed by atoms with Crippen LogP contribution in [-0.4, -0.2) is 44.4 Å². The molecule has 1 amide bonds. The molecule has 2 aromatic rings. The Bertz CT molecular complexity index is 1120. The highest BCUT2D eigenvalue weighted by molar-refractivity contribution is 5.92. The number of nitrogens with zero attached hydrogens (tertiary/aromatic N) is 4. The van der Waals surface area contributed by atoms with E-state index in [0.29, 0.717) is 42.3 Å². The zero-order valence-corrected chi connectivity index (χ0v) is 20.7. The van der Waals surface area contributed by atoms with E-state index in [-0.39, 0.29) is 18.2 Å². The molecule has 35 heavy (non-hydrogen) atoms. The van der Waals surface area contributed by atoms with Crippen LogP contribution in [0, 0.1) is 10.1 Å². The minimum Gasteiger partial charge on any atom is -0.463 e. The molecule has 1 unspecified atom stereocenters. The second kappa shape index (κ2) is 11.6. The number of ether oxygens (including phenoxy) is 1. The number of nitrogens with one attached hydrogen (secondary N) is 1. The molecule has 1 aliphatic heterocycles. The zero-order valence-electron chi connectivity index (χ0n) is 20.7. The molecule has 188 valence electrons. The summed E-state index contributed by atoms with van der Waals surface area (Å²) in [6, 6.07) is 5.53. The Morgan fingerprint density at radius 1 is 1.26 bits per heavy atom. The SMILES string of the molecule is CCCCN(Cc1cnc2n1C(c1cccc([N+](=O)[O-])c1)C(C(=O)OCC)=C(C)N2)C(=O)CCC. The van der Waals surface area contributed by atoms with Gasteiger partial charge in [0.1, 0.15) is 0 Å². The lowest BCUT2D eigenvalue weighted by Gasteiger charge is -2.32. The molecule has 1 aliphatic rings. The number of carbonyl (C=O) groups is 2. The molecule has 0 saturated heterocycles. The molecule has 0 saturated carbocycles. The Hall–Kier alpha value is -3.69.